The lowest BCUT2D eigenvalue weighted by Gasteiger charge is -2.10. The third-order valence-electron chi connectivity index (χ3n) is 5.57. The number of nitro groups is 1. The molecule has 0 aliphatic carbocycles. The topological polar surface area (TPSA) is 123 Å². The van der Waals surface area contributed by atoms with E-state index in [0.717, 1.165) is 24.8 Å². The van der Waals surface area contributed by atoms with Crippen molar-refractivity contribution in [1.82, 2.24) is 20.5 Å². The molecular formula is C25H25N5O4. The first-order valence-corrected chi connectivity index (χ1v) is 11.1. The van der Waals surface area contributed by atoms with Gasteiger partial charge in [-0.1, -0.05) is 31.9 Å². The molecule has 1 amide bonds. The number of non-ortho nitro benzene ring substituents is 1. The maximum Gasteiger partial charge on any atom is 0.270 e. The molecular weight excluding hydrogens is 434 g/mol. The van der Waals surface area contributed by atoms with Gasteiger partial charge in [-0.2, -0.15) is 5.10 Å². The number of ether oxygens (including phenoxy) is 1. The van der Waals surface area contributed by atoms with Crippen LogP contribution in [0.2, 0.25) is 0 Å². The van der Waals surface area contributed by atoms with Gasteiger partial charge in [0.25, 0.3) is 11.6 Å². The summed E-state index contributed by atoms with van der Waals surface area (Å²) in [6.07, 6.45) is 2.95. The number of carbonyl (C=O) groups excluding carboxylic acids is 1. The summed E-state index contributed by atoms with van der Waals surface area (Å²) in [6, 6.07) is 15.3. The first kappa shape index (κ1) is 22.9. The minimum Gasteiger partial charge on any atom is -0.497 e. The van der Waals surface area contributed by atoms with Crippen LogP contribution in [0.15, 0.2) is 54.6 Å². The fourth-order valence-electron chi connectivity index (χ4n) is 3.77. The quantitative estimate of drug-likeness (QED) is 0.203. The number of amides is 1. The molecule has 4 aromatic rings. The van der Waals surface area contributed by atoms with Gasteiger partial charge in [0.2, 0.25) is 0 Å². The molecule has 9 heteroatoms. The Bertz CT molecular complexity index is 1330. The number of rotatable bonds is 9. The Balaban J connectivity index is 1.83. The third kappa shape index (κ3) is 4.73. The molecule has 0 spiro atoms. The van der Waals surface area contributed by atoms with Crippen LogP contribution < -0.4 is 10.1 Å². The molecule has 4 rings (SSSR count). The Hall–Kier alpha value is -4.27. The lowest BCUT2D eigenvalue weighted by atomic mass is 10.0. The van der Waals surface area contributed by atoms with Gasteiger partial charge in [0, 0.05) is 29.8 Å². The van der Waals surface area contributed by atoms with Gasteiger partial charge in [-0.15, -0.1) is 0 Å². The number of unbranched alkanes of at least 4 members (excludes halogenated alkanes) is 2. The van der Waals surface area contributed by atoms with Crippen LogP contribution in [0.1, 0.15) is 36.5 Å². The molecule has 2 aromatic heterocycles. The Morgan fingerprint density at radius 3 is 2.62 bits per heavy atom. The standard InChI is InChI=1S/C25H25N5O4/c1-3-4-5-13-26-25(31)20-15-21(16-9-11-19(34-2)12-10-16)27-24-22(20)23(28-29-24)17-7-6-8-18(14-17)30(32)33/h6-12,14-15H,3-5,13H2,1-2H3,(H,26,31)(H,27,28,29). The van der Waals surface area contributed by atoms with E-state index >= 15 is 0 Å². The van der Waals surface area contributed by atoms with Crippen LogP contribution in [0.25, 0.3) is 33.5 Å². The van der Waals surface area contributed by atoms with Crippen molar-refractivity contribution in [3.05, 3.63) is 70.3 Å². The second kappa shape index (κ2) is 10.1. The average molecular weight is 460 g/mol. The monoisotopic (exact) mass is 459 g/mol. The van der Waals surface area contributed by atoms with E-state index in [2.05, 4.69) is 27.4 Å². The van der Waals surface area contributed by atoms with Crippen LogP contribution in [0.3, 0.4) is 0 Å². The minimum absolute atomic E-state index is 0.0476. The third-order valence-corrected chi connectivity index (χ3v) is 5.57. The van der Waals surface area contributed by atoms with Gasteiger partial charge in [-0.05, 0) is 36.8 Å². The van der Waals surface area contributed by atoms with Crippen molar-refractivity contribution < 1.29 is 14.5 Å². The fourth-order valence-corrected chi connectivity index (χ4v) is 3.77. The van der Waals surface area contributed by atoms with Crippen LogP contribution >= 0.6 is 0 Å². The maximum absolute atomic E-state index is 13.3. The Morgan fingerprint density at radius 1 is 1.12 bits per heavy atom. The van der Waals surface area contributed by atoms with Gasteiger partial charge >= 0.3 is 0 Å². The van der Waals surface area contributed by atoms with Crippen molar-refractivity contribution in [3.8, 4) is 28.3 Å². The molecule has 2 heterocycles. The number of H-pyrrole nitrogens is 1. The maximum atomic E-state index is 13.3. The SMILES string of the molecule is CCCCCNC(=O)c1cc(-c2ccc(OC)cc2)nc2n[nH]c(-c3cccc([N+](=O)[O-])c3)c12. The molecule has 0 unspecified atom stereocenters. The molecule has 0 fully saturated rings. The predicted octanol–water partition coefficient (Wildman–Crippen LogP) is 5.13. The largest absolute Gasteiger partial charge is 0.497 e. The fraction of sp³-hybridized carbons (Fsp3) is 0.240. The first-order valence-electron chi connectivity index (χ1n) is 11.1. The minimum atomic E-state index is -0.455. The van der Waals surface area contributed by atoms with Crippen molar-refractivity contribution >= 4 is 22.6 Å². The first-order chi connectivity index (χ1) is 16.5. The van der Waals surface area contributed by atoms with Gasteiger partial charge in [0.05, 0.1) is 34.4 Å². The molecule has 2 N–H and O–H groups in total. The zero-order valence-corrected chi connectivity index (χ0v) is 19.0. The molecule has 34 heavy (non-hydrogen) atoms. The molecule has 0 saturated heterocycles. The van der Waals surface area contributed by atoms with Crippen LogP contribution in [0, 0.1) is 10.1 Å². The molecule has 0 bridgehead atoms. The highest BCUT2D eigenvalue weighted by atomic mass is 16.6. The van der Waals surface area contributed by atoms with Crippen molar-refractivity contribution in [2.75, 3.05) is 13.7 Å². The summed E-state index contributed by atoms with van der Waals surface area (Å²) in [4.78, 5) is 28.7. The smallest absolute Gasteiger partial charge is 0.270 e. The summed E-state index contributed by atoms with van der Waals surface area (Å²) in [5.74, 6) is 0.470. The highest BCUT2D eigenvalue weighted by Gasteiger charge is 2.21. The van der Waals surface area contributed by atoms with Crippen molar-refractivity contribution in [2.24, 2.45) is 0 Å². The zero-order valence-electron chi connectivity index (χ0n) is 19.0. The highest BCUT2D eigenvalue weighted by molar-refractivity contribution is 6.11. The number of pyridine rings is 1. The summed E-state index contributed by atoms with van der Waals surface area (Å²) in [6.45, 7) is 2.66. The second-order valence-corrected chi connectivity index (χ2v) is 7.85. The van der Waals surface area contributed by atoms with Crippen LogP contribution in [-0.2, 0) is 0 Å². The van der Waals surface area contributed by atoms with Gasteiger partial charge in [-0.25, -0.2) is 4.98 Å². The molecule has 0 atom stereocenters. The van der Waals surface area contributed by atoms with Gasteiger partial charge in [0.1, 0.15) is 5.75 Å². The van der Waals surface area contributed by atoms with E-state index in [9.17, 15) is 14.9 Å². The number of nitrogens with one attached hydrogen (secondary N) is 2. The summed E-state index contributed by atoms with van der Waals surface area (Å²) in [7, 11) is 1.60. The molecule has 0 aliphatic heterocycles. The normalized spacial score (nSPS) is 10.9. The van der Waals surface area contributed by atoms with Crippen molar-refractivity contribution in [1.29, 1.82) is 0 Å². The number of nitrogens with zero attached hydrogens (tertiary/aromatic N) is 3. The van der Waals surface area contributed by atoms with Crippen LogP contribution in [0.5, 0.6) is 5.75 Å². The van der Waals surface area contributed by atoms with Gasteiger partial charge < -0.3 is 10.1 Å². The molecule has 0 aliphatic rings. The Morgan fingerprint density at radius 2 is 1.91 bits per heavy atom. The zero-order chi connectivity index (χ0) is 24.1. The lowest BCUT2D eigenvalue weighted by Crippen LogP contribution is -2.24. The van der Waals surface area contributed by atoms with Crippen LogP contribution in [0.4, 0.5) is 5.69 Å². The number of fused-ring (bicyclic) bond motifs is 1. The average Bonchev–Trinajstić information content (AvgIpc) is 3.30. The molecule has 0 saturated carbocycles. The van der Waals surface area contributed by atoms with Crippen molar-refractivity contribution in [3.63, 3.8) is 0 Å². The number of aromatic amines is 1. The lowest BCUT2D eigenvalue weighted by molar-refractivity contribution is -0.384. The van der Waals surface area contributed by atoms with E-state index in [1.165, 1.54) is 12.1 Å². The number of benzene rings is 2. The van der Waals surface area contributed by atoms with E-state index in [-0.39, 0.29) is 11.6 Å². The second-order valence-electron chi connectivity index (χ2n) is 7.85. The van der Waals surface area contributed by atoms with Crippen LogP contribution in [-0.4, -0.2) is 39.7 Å². The molecule has 9 nitrogen and oxygen atoms in total. The van der Waals surface area contributed by atoms with E-state index in [1.807, 2.05) is 24.3 Å². The summed E-state index contributed by atoms with van der Waals surface area (Å²) >= 11 is 0. The van der Waals surface area contributed by atoms with E-state index in [4.69, 9.17) is 4.74 Å². The summed E-state index contributed by atoms with van der Waals surface area (Å²) < 4.78 is 5.23. The number of aromatic nitrogens is 3. The number of nitro benzene ring substituents is 1. The summed E-state index contributed by atoms with van der Waals surface area (Å²) in [5.41, 5.74) is 3.17. The highest BCUT2D eigenvalue weighted by Crippen LogP contribution is 2.33. The van der Waals surface area contributed by atoms with Crippen molar-refractivity contribution in [2.45, 2.75) is 26.2 Å². The predicted molar refractivity (Wildman–Crippen MR) is 130 cm³/mol. The molecule has 2 aromatic carbocycles. The number of hydrogen-bond acceptors (Lipinski definition) is 6. The number of hydrogen-bond donors (Lipinski definition) is 2. The van der Waals surface area contributed by atoms with E-state index in [1.54, 1.807) is 25.3 Å². The summed E-state index contributed by atoms with van der Waals surface area (Å²) in [5, 5.41) is 22.0. The van der Waals surface area contributed by atoms with Gasteiger partial charge in [-0.3, -0.25) is 20.0 Å². The van der Waals surface area contributed by atoms with Gasteiger partial charge in [0.15, 0.2) is 5.65 Å². The van der Waals surface area contributed by atoms with E-state index in [0.29, 0.717) is 45.8 Å². The molecule has 174 valence electrons. The number of methoxy groups -OCH3 is 1. The number of carbonyl (C=O) groups is 1. The Kier molecular flexibility index (Phi) is 6.82. The van der Waals surface area contributed by atoms with E-state index < -0.39 is 4.92 Å². The Labute approximate surface area is 196 Å². The molecule has 0 radical (unpaired) electrons.